The molecule has 1 aromatic rings. The van der Waals surface area contributed by atoms with Crippen molar-refractivity contribution in [1.29, 1.82) is 0 Å². The van der Waals surface area contributed by atoms with E-state index in [1.165, 1.54) is 0 Å². The zero-order valence-electron chi connectivity index (χ0n) is 8.00. The maximum atomic E-state index is 9.18. The fourth-order valence-corrected chi connectivity index (χ4v) is 1.16. The summed E-state index contributed by atoms with van der Waals surface area (Å²) in [6, 6.07) is 4.76. The lowest BCUT2D eigenvalue weighted by Gasteiger charge is -2.16. The summed E-state index contributed by atoms with van der Waals surface area (Å²) in [7, 11) is 0. The SMILES string of the molecule is [2H]C1([2H])COc2ccc(O)cc2C1. The number of fused-ring (bicyclic) bond motifs is 1. The molecule has 0 unspecified atom stereocenters. The highest BCUT2D eigenvalue weighted by molar-refractivity contribution is 5.40. The molecule has 0 fully saturated rings. The monoisotopic (exact) mass is 152 g/mol. The van der Waals surface area contributed by atoms with Crippen LogP contribution in [0.25, 0.3) is 0 Å². The lowest BCUT2D eigenvalue weighted by Crippen LogP contribution is -2.07. The lowest BCUT2D eigenvalue weighted by molar-refractivity contribution is 0.287. The van der Waals surface area contributed by atoms with Gasteiger partial charge in [0.15, 0.2) is 0 Å². The van der Waals surface area contributed by atoms with Gasteiger partial charge in [-0.15, -0.1) is 0 Å². The summed E-state index contributed by atoms with van der Waals surface area (Å²) in [5, 5.41) is 9.18. The Balaban J connectivity index is 2.38. The Hall–Kier alpha value is -1.18. The molecule has 1 N–H and O–H groups in total. The summed E-state index contributed by atoms with van der Waals surface area (Å²) in [6.45, 7) is 0.0881. The first-order valence-corrected chi connectivity index (χ1v) is 3.52. The van der Waals surface area contributed by atoms with Crippen LogP contribution in [0.15, 0.2) is 18.2 Å². The van der Waals surface area contributed by atoms with E-state index in [-0.39, 0.29) is 12.4 Å². The molecular weight excluding hydrogens is 140 g/mol. The molecule has 0 spiro atoms. The van der Waals surface area contributed by atoms with Crippen LogP contribution in [-0.2, 0) is 6.42 Å². The van der Waals surface area contributed by atoms with Gasteiger partial charge < -0.3 is 9.84 Å². The zero-order chi connectivity index (χ0) is 9.47. The minimum atomic E-state index is -1.32. The van der Waals surface area contributed by atoms with Crippen molar-refractivity contribution in [3.8, 4) is 11.5 Å². The van der Waals surface area contributed by atoms with Crippen molar-refractivity contribution in [3.05, 3.63) is 23.8 Å². The molecule has 2 nitrogen and oxygen atoms in total. The molecule has 1 aliphatic rings. The molecule has 0 saturated heterocycles. The van der Waals surface area contributed by atoms with Crippen molar-refractivity contribution in [2.45, 2.75) is 12.8 Å². The third-order valence-electron chi connectivity index (χ3n) is 1.69. The molecule has 0 amide bonds. The van der Waals surface area contributed by atoms with E-state index in [1.54, 1.807) is 18.2 Å². The van der Waals surface area contributed by atoms with Crippen molar-refractivity contribution in [1.82, 2.24) is 0 Å². The van der Waals surface area contributed by atoms with Crippen molar-refractivity contribution in [2.24, 2.45) is 0 Å². The first kappa shape index (κ1) is 4.65. The Bertz CT molecular complexity index is 336. The van der Waals surface area contributed by atoms with Crippen LogP contribution in [0.5, 0.6) is 11.5 Å². The molecule has 0 aliphatic carbocycles. The van der Waals surface area contributed by atoms with E-state index in [9.17, 15) is 5.11 Å². The molecule has 0 atom stereocenters. The lowest BCUT2D eigenvalue weighted by atomic mass is 10.1. The van der Waals surface area contributed by atoms with Crippen LogP contribution in [0.1, 0.15) is 14.7 Å². The van der Waals surface area contributed by atoms with Crippen molar-refractivity contribution in [3.63, 3.8) is 0 Å². The molecule has 1 heterocycles. The van der Waals surface area contributed by atoms with Gasteiger partial charge in [0.05, 0.1) is 6.61 Å². The van der Waals surface area contributed by atoms with Gasteiger partial charge in [-0.25, -0.2) is 0 Å². The molecule has 0 bridgehead atoms. The van der Waals surface area contributed by atoms with Crippen LogP contribution in [0.3, 0.4) is 0 Å². The predicted octanol–water partition coefficient (Wildman–Crippen LogP) is 1.72. The highest BCUT2D eigenvalue weighted by Gasteiger charge is 2.09. The molecule has 0 saturated carbocycles. The molecule has 58 valence electrons. The first-order valence-electron chi connectivity index (χ1n) is 4.52. The van der Waals surface area contributed by atoms with Crippen LogP contribution in [0.4, 0.5) is 0 Å². The van der Waals surface area contributed by atoms with Crippen molar-refractivity contribution >= 4 is 0 Å². The van der Waals surface area contributed by atoms with Gasteiger partial charge in [0, 0.05) is 2.74 Å². The number of phenolic OH excluding ortho intramolecular Hbond substituents is 1. The molecule has 1 aliphatic heterocycles. The molecule has 0 aromatic heterocycles. The fourth-order valence-electron chi connectivity index (χ4n) is 1.16. The summed E-state index contributed by atoms with van der Waals surface area (Å²) >= 11 is 0. The highest BCUT2D eigenvalue weighted by Crippen LogP contribution is 2.27. The van der Waals surface area contributed by atoms with E-state index >= 15 is 0 Å². The van der Waals surface area contributed by atoms with Gasteiger partial charge in [0.25, 0.3) is 0 Å². The van der Waals surface area contributed by atoms with Gasteiger partial charge in [-0.2, -0.15) is 0 Å². The van der Waals surface area contributed by atoms with Gasteiger partial charge in [-0.3, -0.25) is 0 Å². The summed E-state index contributed by atoms with van der Waals surface area (Å²) in [4.78, 5) is 0. The zero-order valence-corrected chi connectivity index (χ0v) is 6.00. The maximum absolute atomic E-state index is 9.18. The van der Waals surface area contributed by atoms with Gasteiger partial charge in [-0.05, 0) is 36.6 Å². The average Bonchev–Trinajstić information content (AvgIpc) is 2.01. The number of benzene rings is 1. The van der Waals surface area contributed by atoms with Crippen LogP contribution in [-0.4, -0.2) is 11.7 Å². The normalized spacial score (nSPS) is 22.5. The Kier molecular flexibility index (Phi) is 1.04. The Morgan fingerprint density at radius 2 is 2.45 bits per heavy atom. The van der Waals surface area contributed by atoms with Gasteiger partial charge >= 0.3 is 0 Å². The van der Waals surface area contributed by atoms with Gasteiger partial charge in [0.2, 0.25) is 0 Å². The van der Waals surface area contributed by atoms with E-state index in [4.69, 9.17) is 7.48 Å². The van der Waals surface area contributed by atoms with Crippen LogP contribution >= 0.6 is 0 Å². The van der Waals surface area contributed by atoms with E-state index in [0.29, 0.717) is 12.2 Å². The van der Waals surface area contributed by atoms with E-state index < -0.39 is 6.37 Å². The molecule has 11 heavy (non-hydrogen) atoms. The highest BCUT2D eigenvalue weighted by atomic mass is 16.5. The third-order valence-corrected chi connectivity index (χ3v) is 1.69. The molecule has 2 heteroatoms. The minimum Gasteiger partial charge on any atom is -0.508 e. The first-order chi connectivity index (χ1) is 6.07. The molecule has 2 rings (SSSR count). The standard InChI is InChI=1S/C9H10O2/c10-8-3-4-9-7(6-8)2-1-5-11-9/h3-4,6,10H,1-2,5H2/i1D2. The molecular formula is C9H10O2. The number of hydrogen-bond donors (Lipinski definition) is 1. The van der Waals surface area contributed by atoms with Crippen LogP contribution < -0.4 is 4.74 Å². The number of rotatable bonds is 0. The Labute approximate surface area is 68.2 Å². The average molecular weight is 152 g/mol. The third kappa shape index (κ3) is 1.16. The number of hydrogen-bond acceptors (Lipinski definition) is 2. The number of ether oxygens (including phenoxy) is 1. The van der Waals surface area contributed by atoms with E-state index in [1.807, 2.05) is 0 Å². The van der Waals surface area contributed by atoms with E-state index in [0.717, 1.165) is 5.56 Å². The second kappa shape index (κ2) is 2.46. The van der Waals surface area contributed by atoms with Crippen molar-refractivity contribution in [2.75, 3.05) is 6.61 Å². The van der Waals surface area contributed by atoms with Crippen molar-refractivity contribution < 1.29 is 12.6 Å². The predicted molar refractivity (Wildman–Crippen MR) is 41.9 cm³/mol. The topological polar surface area (TPSA) is 29.5 Å². The fraction of sp³-hybridized carbons (Fsp3) is 0.333. The van der Waals surface area contributed by atoms with E-state index in [2.05, 4.69) is 0 Å². The maximum Gasteiger partial charge on any atom is 0.122 e. The summed E-state index contributed by atoms with van der Waals surface area (Å²) in [5.41, 5.74) is 0.733. The number of aromatic hydroxyl groups is 1. The number of phenols is 1. The number of aryl methyl sites for hydroxylation is 1. The second-order valence-corrected chi connectivity index (χ2v) is 2.51. The Morgan fingerprint density at radius 3 is 3.36 bits per heavy atom. The van der Waals surface area contributed by atoms with Gasteiger partial charge in [0.1, 0.15) is 11.5 Å². The van der Waals surface area contributed by atoms with Crippen LogP contribution in [0, 0.1) is 0 Å². The Morgan fingerprint density at radius 1 is 1.55 bits per heavy atom. The summed E-state index contributed by atoms with van der Waals surface area (Å²) < 4.78 is 20.2. The smallest absolute Gasteiger partial charge is 0.122 e. The van der Waals surface area contributed by atoms with Gasteiger partial charge in [-0.1, -0.05) is 0 Å². The minimum absolute atomic E-state index is 0.0881. The summed E-state index contributed by atoms with van der Waals surface area (Å²) in [5.74, 6) is 0.827. The quantitative estimate of drug-likeness (QED) is 0.613. The second-order valence-electron chi connectivity index (χ2n) is 2.51. The largest absolute Gasteiger partial charge is 0.508 e. The summed E-state index contributed by atoms with van der Waals surface area (Å²) in [6.07, 6.45) is -1.02. The molecule has 0 radical (unpaired) electrons. The molecule has 1 aromatic carbocycles. The van der Waals surface area contributed by atoms with Crippen LogP contribution in [0.2, 0.25) is 0 Å².